The average molecular weight is 214 g/mol. The summed E-state index contributed by atoms with van der Waals surface area (Å²) in [5, 5.41) is 0.569. The highest BCUT2D eigenvalue weighted by atomic mass is 32.2. The summed E-state index contributed by atoms with van der Waals surface area (Å²) in [6.45, 7) is 3.94. The number of thioether (sulfide) groups is 1. The van der Waals surface area contributed by atoms with E-state index >= 15 is 0 Å². The number of hydrogen-bond donors (Lipinski definition) is 1. The van der Waals surface area contributed by atoms with Crippen molar-refractivity contribution >= 4 is 17.7 Å². The minimum atomic E-state index is -0.217. The molecule has 2 unspecified atom stereocenters. The van der Waals surface area contributed by atoms with E-state index in [0.717, 1.165) is 31.7 Å². The van der Waals surface area contributed by atoms with Crippen LogP contribution in [0.1, 0.15) is 19.8 Å². The Morgan fingerprint density at radius 1 is 1.57 bits per heavy atom. The highest BCUT2D eigenvalue weighted by Crippen LogP contribution is 2.32. The van der Waals surface area contributed by atoms with Gasteiger partial charge in [-0.15, -0.1) is 0 Å². The normalized spacial score (nSPS) is 30.1. The van der Waals surface area contributed by atoms with Crippen LogP contribution in [0.2, 0.25) is 0 Å². The largest absolute Gasteiger partial charge is 0.339 e. The molecule has 4 heteroatoms. The molecule has 0 aromatic rings. The number of rotatable bonds is 2. The Bertz CT molecular complexity index is 230. The van der Waals surface area contributed by atoms with Gasteiger partial charge in [-0.25, -0.2) is 0 Å². The van der Waals surface area contributed by atoms with Crippen LogP contribution in [0, 0.1) is 5.92 Å². The summed E-state index contributed by atoms with van der Waals surface area (Å²) in [4.78, 5) is 13.9. The predicted octanol–water partition coefficient (Wildman–Crippen LogP) is 0.688. The minimum absolute atomic E-state index is 0.180. The Labute approximate surface area is 89.4 Å². The van der Waals surface area contributed by atoms with E-state index in [1.165, 1.54) is 0 Å². The summed E-state index contributed by atoms with van der Waals surface area (Å²) >= 11 is 1.94. The van der Waals surface area contributed by atoms with E-state index < -0.39 is 0 Å². The summed E-state index contributed by atoms with van der Waals surface area (Å²) in [5.41, 5.74) is 5.90. The average Bonchev–Trinajstić information content (AvgIpc) is 2.99. The lowest BCUT2D eigenvalue weighted by Crippen LogP contribution is -2.49. The van der Waals surface area contributed by atoms with Crippen molar-refractivity contribution in [2.75, 3.05) is 18.8 Å². The minimum Gasteiger partial charge on any atom is -0.339 e. The Morgan fingerprint density at radius 3 is 2.86 bits per heavy atom. The molecule has 0 aromatic heterocycles. The molecular formula is C10H18N2OS. The van der Waals surface area contributed by atoms with Gasteiger partial charge >= 0.3 is 0 Å². The SMILES string of the molecule is CC1CN(C(=O)C(N)C2CC2)CCS1. The van der Waals surface area contributed by atoms with Crippen molar-refractivity contribution in [1.29, 1.82) is 0 Å². The van der Waals surface area contributed by atoms with E-state index in [1.807, 2.05) is 16.7 Å². The molecule has 1 heterocycles. The summed E-state index contributed by atoms with van der Waals surface area (Å²) in [7, 11) is 0. The van der Waals surface area contributed by atoms with Gasteiger partial charge in [0.25, 0.3) is 0 Å². The molecule has 2 aliphatic rings. The molecule has 2 rings (SSSR count). The number of amides is 1. The maximum atomic E-state index is 11.9. The zero-order valence-electron chi connectivity index (χ0n) is 8.61. The molecule has 0 bridgehead atoms. The monoisotopic (exact) mass is 214 g/mol. The summed E-state index contributed by atoms with van der Waals surface area (Å²) in [6.07, 6.45) is 2.29. The third kappa shape index (κ3) is 2.23. The van der Waals surface area contributed by atoms with Crippen LogP contribution in [0.3, 0.4) is 0 Å². The van der Waals surface area contributed by atoms with Gasteiger partial charge in [-0.2, -0.15) is 11.8 Å². The Kier molecular flexibility index (Phi) is 3.02. The molecule has 2 N–H and O–H groups in total. The molecule has 1 aliphatic heterocycles. The van der Waals surface area contributed by atoms with Crippen molar-refractivity contribution in [3.05, 3.63) is 0 Å². The van der Waals surface area contributed by atoms with E-state index in [9.17, 15) is 4.79 Å². The fourth-order valence-electron chi connectivity index (χ4n) is 1.89. The Hall–Kier alpha value is -0.220. The molecule has 0 aromatic carbocycles. The van der Waals surface area contributed by atoms with Crippen LogP contribution in [0.15, 0.2) is 0 Å². The molecule has 1 saturated heterocycles. The lowest BCUT2D eigenvalue weighted by molar-refractivity contribution is -0.132. The lowest BCUT2D eigenvalue weighted by atomic mass is 10.1. The highest BCUT2D eigenvalue weighted by Gasteiger charge is 2.36. The van der Waals surface area contributed by atoms with Crippen molar-refractivity contribution < 1.29 is 4.79 Å². The van der Waals surface area contributed by atoms with Gasteiger partial charge in [0, 0.05) is 24.1 Å². The van der Waals surface area contributed by atoms with Gasteiger partial charge < -0.3 is 10.6 Å². The summed E-state index contributed by atoms with van der Waals surface area (Å²) < 4.78 is 0. The van der Waals surface area contributed by atoms with Crippen LogP contribution in [-0.2, 0) is 4.79 Å². The molecule has 2 fully saturated rings. The molecule has 0 radical (unpaired) electrons. The van der Waals surface area contributed by atoms with Gasteiger partial charge in [0.15, 0.2) is 0 Å². The number of nitrogens with two attached hydrogens (primary N) is 1. The predicted molar refractivity (Wildman–Crippen MR) is 59.2 cm³/mol. The van der Waals surface area contributed by atoms with Crippen LogP contribution in [-0.4, -0.2) is 40.9 Å². The maximum Gasteiger partial charge on any atom is 0.239 e. The topological polar surface area (TPSA) is 46.3 Å². The summed E-state index contributed by atoms with van der Waals surface area (Å²) in [6, 6.07) is -0.217. The van der Waals surface area contributed by atoms with Crippen LogP contribution < -0.4 is 5.73 Å². The lowest BCUT2D eigenvalue weighted by Gasteiger charge is -2.32. The second kappa shape index (κ2) is 4.11. The van der Waals surface area contributed by atoms with Gasteiger partial charge in [0.05, 0.1) is 6.04 Å². The van der Waals surface area contributed by atoms with Gasteiger partial charge in [-0.05, 0) is 18.8 Å². The third-order valence-corrected chi connectivity index (χ3v) is 4.10. The Morgan fingerprint density at radius 2 is 2.29 bits per heavy atom. The first-order chi connectivity index (χ1) is 6.68. The highest BCUT2D eigenvalue weighted by molar-refractivity contribution is 7.99. The maximum absolute atomic E-state index is 11.9. The molecule has 14 heavy (non-hydrogen) atoms. The summed E-state index contributed by atoms with van der Waals surface area (Å²) in [5.74, 6) is 1.72. The van der Waals surface area contributed by atoms with Crippen molar-refractivity contribution in [2.24, 2.45) is 11.7 Å². The van der Waals surface area contributed by atoms with Crippen molar-refractivity contribution in [3.63, 3.8) is 0 Å². The van der Waals surface area contributed by atoms with E-state index in [2.05, 4.69) is 6.92 Å². The van der Waals surface area contributed by atoms with Crippen molar-refractivity contribution in [1.82, 2.24) is 4.90 Å². The van der Waals surface area contributed by atoms with Gasteiger partial charge in [-0.3, -0.25) is 4.79 Å². The fourth-order valence-corrected chi connectivity index (χ4v) is 2.90. The second-order valence-electron chi connectivity index (χ2n) is 4.33. The number of nitrogens with zero attached hydrogens (tertiary/aromatic N) is 1. The molecule has 1 aliphatic carbocycles. The zero-order valence-corrected chi connectivity index (χ0v) is 9.43. The van der Waals surface area contributed by atoms with Crippen LogP contribution >= 0.6 is 11.8 Å². The van der Waals surface area contributed by atoms with Gasteiger partial charge in [0.1, 0.15) is 0 Å². The van der Waals surface area contributed by atoms with Gasteiger partial charge in [0.2, 0.25) is 5.91 Å². The molecule has 0 spiro atoms. The van der Waals surface area contributed by atoms with Crippen molar-refractivity contribution in [2.45, 2.75) is 31.1 Å². The quantitative estimate of drug-likeness (QED) is 0.735. The molecule has 1 amide bonds. The molecule has 80 valence electrons. The first-order valence-electron chi connectivity index (χ1n) is 5.34. The van der Waals surface area contributed by atoms with Crippen molar-refractivity contribution in [3.8, 4) is 0 Å². The van der Waals surface area contributed by atoms with Crippen LogP contribution in [0.4, 0.5) is 0 Å². The van der Waals surface area contributed by atoms with E-state index in [4.69, 9.17) is 5.73 Å². The molecule has 2 atom stereocenters. The Balaban J connectivity index is 1.89. The van der Waals surface area contributed by atoms with Crippen LogP contribution in [0.5, 0.6) is 0 Å². The molecule has 3 nitrogen and oxygen atoms in total. The fraction of sp³-hybridized carbons (Fsp3) is 0.900. The van der Waals surface area contributed by atoms with E-state index in [1.54, 1.807) is 0 Å². The molecular weight excluding hydrogens is 196 g/mol. The smallest absolute Gasteiger partial charge is 0.239 e. The van der Waals surface area contributed by atoms with E-state index in [0.29, 0.717) is 11.2 Å². The number of carbonyl (C=O) groups excluding carboxylic acids is 1. The zero-order chi connectivity index (χ0) is 10.1. The van der Waals surface area contributed by atoms with Gasteiger partial charge in [-0.1, -0.05) is 6.92 Å². The number of carbonyl (C=O) groups is 1. The standard InChI is InChI=1S/C10H18N2OS/c1-7-6-12(4-5-14-7)10(13)9(11)8-2-3-8/h7-9H,2-6,11H2,1H3. The number of hydrogen-bond acceptors (Lipinski definition) is 3. The van der Waals surface area contributed by atoms with Crippen LogP contribution in [0.25, 0.3) is 0 Å². The first-order valence-corrected chi connectivity index (χ1v) is 6.39. The van der Waals surface area contributed by atoms with E-state index in [-0.39, 0.29) is 11.9 Å². The first kappa shape index (κ1) is 10.3. The molecule has 1 saturated carbocycles. The third-order valence-electron chi connectivity index (χ3n) is 2.97. The second-order valence-corrected chi connectivity index (χ2v) is 5.88.